The number of nitrogens with one attached hydrogen (secondary N) is 1. The van der Waals surface area contributed by atoms with Crippen LogP contribution < -0.4 is 5.32 Å². The van der Waals surface area contributed by atoms with E-state index < -0.39 is 5.82 Å². The van der Waals surface area contributed by atoms with Gasteiger partial charge in [-0.05, 0) is 36.4 Å². The van der Waals surface area contributed by atoms with Gasteiger partial charge >= 0.3 is 0 Å². The number of rotatable bonds is 3. The van der Waals surface area contributed by atoms with Crippen molar-refractivity contribution in [2.75, 3.05) is 5.32 Å². The van der Waals surface area contributed by atoms with E-state index in [1.165, 1.54) is 18.2 Å². The predicted octanol–water partition coefficient (Wildman–Crippen LogP) is 4.99. The predicted molar refractivity (Wildman–Crippen MR) is 72.8 cm³/mol. The van der Waals surface area contributed by atoms with Crippen LogP contribution >= 0.6 is 27.5 Å². The molecule has 0 aliphatic heterocycles. The molecule has 0 fully saturated rings. The summed E-state index contributed by atoms with van der Waals surface area (Å²) >= 11 is 8.91. The second kappa shape index (κ2) is 5.67. The molecule has 0 saturated heterocycles. The second-order valence-electron chi connectivity index (χ2n) is 3.71. The van der Waals surface area contributed by atoms with Crippen molar-refractivity contribution in [3.05, 3.63) is 63.1 Å². The minimum Gasteiger partial charge on any atom is -0.378 e. The summed E-state index contributed by atoms with van der Waals surface area (Å²) in [6.07, 6.45) is 0. The van der Waals surface area contributed by atoms with E-state index in [1.54, 1.807) is 18.2 Å². The van der Waals surface area contributed by atoms with E-state index in [2.05, 4.69) is 21.2 Å². The van der Waals surface area contributed by atoms with Crippen molar-refractivity contribution in [3.8, 4) is 0 Å². The summed E-state index contributed by atoms with van der Waals surface area (Å²) in [5.41, 5.74) is 0.748. The van der Waals surface area contributed by atoms with Gasteiger partial charge in [0.1, 0.15) is 11.6 Å². The molecule has 0 heterocycles. The molecule has 1 N–H and O–H groups in total. The molecule has 94 valence electrons. The maximum atomic E-state index is 13.5. The first-order valence-corrected chi connectivity index (χ1v) is 6.36. The summed E-state index contributed by atoms with van der Waals surface area (Å²) in [7, 11) is 0. The quantitative estimate of drug-likeness (QED) is 0.834. The van der Waals surface area contributed by atoms with Crippen molar-refractivity contribution < 1.29 is 8.78 Å². The Morgan fingerprint density at radius 2 is 1.83 bits per heavy atom. The maximum absolute atomic E-state index is 13.5. The Morgan fingerprint density at radius 3 is 2.56 bits per heavy atom. The first-order chi connectivity index (χ1) is 8.56. The number of halogens is 4. The minimum atomic E-state index is -0.460. The average Bonchev–Trinajstić information content (AvgIpc) is 2.32. The van der Waals surface area contributed by atoms with Gasteiger partial charge in [0, 0.05) is 21.6 Å². The lowest BCUT2D eigenvalue weighted by molar-refractivity contribution is 0.610. The highest BCUT2D eigenvalue weighted by molar-refractivity contribution is 9.10. The molecule has 0 aliphatic rings. The second-order valence-corrected chi connectivity index (χ2v) is 5.07. The third-order valence-electron chi connectivity index (χ3n) is 2.41. The van der Waals surface area contributed by atoms with Gasteiger partial charge in [0.15, 0.2) is 0 Å². The van der Waals surface area contributed by atoms with E-state index in [9.17, 15) is 8.78 Å². The van der Waals surface area contributed by atoms with E-state index in [-0.39, 0.29) is 12.4 Å². The van der Waals surface area contributed by atoms with Crippen LogP contribution in [0, 0.1) is 11.6 Å². The Bertz CT molecular complexity index is 575. The fourth-order valence-electron chi connectivity index (χ4n) is 1.50. The molecule has 0 aromatic heterocycles. The van der Waals surface area contributed by atoms with E-state index in [0.29, 0.717) is 16.3 Å². The normalized spacial score (nSPS) is 10.4. The molecule has 2 rings (SSSR count). The van der Waals surface area contributed by atoms with Crippen molar-refractivity contribution in [2.24, 2.45) is 0 Å². The smallest absolute Gasteiger partial charge is 0.147 e. The Kier molecular flexibility index (Phi) is 4.19. The summed E-state index contributed by atoms with van der Waals surface area (Å²) in [6.45, 7) is 0.198. The van der Waals surface area contributed by atoms with Crippen LogP contribution in [0.4, 0.5) is 14.5 Å². The molecule has 0 atom stereocenters. The van der Waals surface area contributed by atoms with Gasteiger partial charge < -0.3 is 5.32 Å². The summed E-state index contributed by atoms with van der Waals surface area (Å²) in [5, 5.41) is 3.16. The molecule has 18 heavy (non-hydrogen) atoms. The van der Waals surface area contributed by atoms with Crippen LogP contribution in [0.5, 0.6) is 0 Å². The Balaban J connectivity index is 2.13. The zero-order valence-corrected chi connectivity index (χ0v) is 11.5. The lowest BCUT2D eigenvalue weighted by atomic mass is 10.2. The van der Waals surface area contributed by atoms with Crippen molar-refractivity contribution in [1.82, 2.24) is 0 Å². The lowest BCUT2D eigenvalue weighted by Crippen LogP contribution is -2.03. The maximum Gasteiger partial charge on any atom is 0.147 e. The van der Waals surface area contributed by atoms with Crippen LogP contribution in [0.3, 0.4) is 0 Å². The van der Waals surface area contributed by atoms with Crippen LogP contribution in [0.1, 0.15) is 5.56 Å². The van der Waals surface area contributed by atoms with Gasteiger partial charge in [-0.2, -0.15) is 0 Å². The highest BCUT2D eigenvalue weighted by atomic mass is 79.9. The minimum absolute atomic E-state index is 0.198. The summed E-state index contributed by atoms with van der Waals surface area (Å²) in [6, 6.07) is 8.93. The molecule has 0 aliphatic carbocycles. The Morgan fingerprint density at radius 1 is 1.06 bits per heavy atom. The summed E-state index contributed by atoms with van der Waals surface area (Å²) in [4.78, 5) is 0. The van der Waals surface area contributed by atoms with Gasteiger partial charge in [-0.15, -0.1) is 0 Å². The molecule has 2 aromatic carbocycles. The number of hydrogen-bond acceptors (Lipinski definition) is 1. The van der Waals surface area contributed by atoms with E-state index in [0.717, 1.165) is 4.47 Å². The number of hydrogen-bond donors (Lipinski definition) is 1. The Hall–Kier alpha value is -1.13. The standard InChI is InChI=1S/C13H9BrClF2N/c14-9-1-3-11(16)8(5-9)7-18-13-4-2-10(15)6-12(13)17/h1-6,18H,7H2. The van der Waals surface area contributed by atoms with Crippen LogP contribution in [0.15, 0.2) is 40.9 Å². The molecule has 0 unspecified atom stereocenters. The van der Waals surface area contributed by atoms with Gasteiger partial charge in [-0.1, -0.05) is 27.5 Å². The van der Waals surface area contributed by atoms with Crippen LogP contribution in [-0.2, 0) is 6.54 Å². The van der Waals surface area contributed by atoms with Crippen molar-refractivity contribution in [1.29, 1.82) is 0 Å². The molecule has 0 bridgehead atoms. The molecular formula is C13H9BrClF2N. The SMILES string of the molecule is Fc1ccc(Br)cc1CNc1ccc(Cl)cc1F. The highest BCUT2D eigenvalue weighted by Gasteiger charge is 2.05. The third-order valence-corrected chi connectivity index (χ3v) is 3.14. The fraction of sp³-hybridized carbons (Fsp3) is 0.0769. The van der Waals surface area contributed by atoms with Gasteiger partial charge in [0.25, 0.3) is 0 Å². The topological polar surface area (TPSA) is 12.0 Å². The van der Waals surface area contributed by atoms with E-state index in [4.69, 9.17) is 11.6 Å². The zero-order chi connectivity index (χ0) is 13.1. The highest BCUT2D eigenvalue weighted by Crippen LogP contribution is 2.21. The monoisotopic (exact) mass is 331 g/mol. The molecule has 2 aromatic rings. The van der Waals surface area contributed by atoms with Crippen molar-refractivity contribution in [2.45, 2.75) is 6.54 Å². The number of anilines is 1. The molecule has 0 radical (unpaired) electrons. The van der Waals surface area contributed by atoms with Gasteiger partial charge in [-0.3, -0.25) is 0 Å². The van der Waals surface area contributed by atoms with Gasteiger partial charge in [-0.25, -0.2) is 8.78 Å². The van der Waals surface area contributed by atoms with Crippen LogP contribution in [0.2, 0.25) is 5.02 Å². The fourth-order valence-corrected chi connectivity index (χ4v) is 2.07. The molecule has 0 saturated carbocycles. The Labute approximate surface area is 117 Å². The summed E-state index contributed by atoms with van der Waals surface area (Å²) < 4.78 is 27.7. The van der Waals surface area contributed by atoms with Gasteiger partial charge in [0.2, 0.25) is 0 Å². The average molecular weight is 333 g/mol. The molecule has 1 nitrogen and oxygen atoms in total. The van der Waals surface area contributed by atoms with Crippen molar-refractivity contribution >= 4 is 33.2 Å². The van der Waals surface area contributed by atoms with Crippen LogP contribution in [0.25, 0.3) is 0 Å². The van der Waals surface area contributed by atoms with Gasteiger partial charge in [0.05, 0.1) is 5.69 Å². The molecule has 0 amide bonds. The molecule has 5 heteroatoms. The van der Waals surface area contributed by atoms with Crippen LogP contribution in [-0.4, -0.2) is 0 Å². The largest absolute Gasteiger partial charge is 0.378 e. The first kappa shape index (κ1) is 13.3. The first-order valence-electron chi connectivity index (χ1n) is 5.19. The van der Waals surface area contributed by atoms with Crippen molar-refractivity contribution in [3.63, 3.8) is 0 Å². The summed E-state index contributed by atoms with van der Waals surface area (Å²) in [5.74, 6) is -0.794. The van der Waals surface area contributed by atoms with E-state index >= 15 is 0 Å². The number of benzene rings is 2. The molecule has 0 spiro atoms. The zero-order valence-electron chi connectivity index (χ0n) is 9.18. The molecular weight excluding hydrogens is 324 g/mol. The third kappa shape index (κ3) is 3.21. The van der Waals surface area contributed by atoms with E-state index in [1.807, 2.05) is 0 Å². The lowest BCUT2D eigenvalue weighted by Gasteiger charge is -2.09.